The lowest BCUT2D eigenvalue weighted by Gasteiger charge is -2.19. The molecule has 1 saturated heterocycles. The first-order valence-electron chi connectivity index (χ1n) is 3.35. The van der Waals surface area contributed by atoms with Crippen molar-refractivity contribution < 1.29 is 4.74 Å². The molecule has 13 heavy (non-hydrogen) atoms. The third-order valence-electron chi connectivity index (χ3n) is 2.00. The van der Waals surface area contributed by atoms with Crippen molar-refractivity contribution in [1.82, 2.24) is 0 Å². The molecule has 0 saturated carbocycles. The molecule has 1 aliphatic heterocycles. The molecule has 0 bridgehead atoms. The fourth-order valence-electron chi connectivity index (χ4n) is 1.21. The maximum atomic E-state index is 6.17. The number of allylic oxidation sites excluding steroid dienone is 2. The highest BCUT2D eigenvalue weighted by atomic mass is 35.5. The van der Waals surface area contributed by atoms with Crippen LogP contribution in [0, 0.1) is 0 Å². The number of fused-ring (bicyclic) bond motifs is 1. The molecule has 2 aliphatic rings. The van der Waals surface area contributed by atoms with Crippen molar-refractivity contribution in [3.63, 3.8) is 0 Å². The Morgan fingerprint density at radius 2 is 2.00 bits per heavy atom. The summed E-state index contributed by atoms with van der Waals surface area (Å²) in [7, 11) is 1.56. The molecule has 0 amide bonds. The Balaban J connectivity index is 2.50. The summed E-state index contributed by atoms with van der Waals surface area (Å²) in [5.41, 5.74) is 0. The van der Waals surface area contributed by atoms with E-state index in [1.165, 1.54) is 11.8 Å². The van der Waals surface area contributed by atoms with Crippen LogP contribution in [0.5, 0.6) is 0 Å². The molecule has 2 unspecified atom stereocenters. The summed E-state index contributed by atoms with van der Waals surface area (Å²) in [4.78, 5) is -0.638. The van der Waals surface area contributed by atoms with Gasteiger partial charge in [-0.3, -0.25) is 0 Å². The molecule has 0 spiro atoms. The van der Waals surface area contributed by atoms with Crippen LogP contribution in [0.25, 0.3) is 0 Å². The van der Waals surface area contributed by atoms with E-state index in [9.17, 15) is 0 Å². The fraction of sp³-hybridized carbons (Fsp3) is 0.429. The van der Waals surface area contributed by atoms with Crippen molar-refractivity contribution in [3.05, 3.63) is 21.2 Å². The topological polar surface area (TPSA) is 9.23 Å². The molecule has 0 aromatic carbocycles. The van der Waals surface area contributed by atoms with Gasteiger partial charge in [0.15, 0.2) is 9.14 Å². The molecule has 1 fully saturated rings. The molecular formula is C7H4Cl4OS. The zero-order chi connectivity index (χ0) is 9.85. The monoisotopic (exact) mass is 276 g/mol. The van der Waals surface area contributed by atoms with Crippen LogP contribution in [0.2, 0.25) is 0 Å². The van der Waals surface area contributed by atoms with Crippen LogP contribution in [0.4, 0.5) is 0 Å². The maximum Gasteiger partial charge on any atom is 0.172 e. The quantitative estimate of drug-likeness (QED) is 0.532. The highest BCUT2D eigenvalue weighted by Crippen LogP contribution is 2.75. The first-order chi connectivity index (χ1) is 5.97. The van der Waals surface area contributed by atoms with Crippen LogP contribution in [0.3, 0.4) is 0 Å². The number of hydrogen-bond donors (Lipinski definition) is 0. The molecule has 2 rings (SSSR count). The molecule has 6 heteroatoms. The number of thioether (sulfide) groups is 1. The van der Waals surface area contributed by atoms with E-state index in [-0.39, 0.29) is 0 Å². The lowest BCUT2D eigenvalue weighted by atomic mass is 10.1. The SMILES string of the molecule is COC12C=C(Cl)C(Cl)=C(Cl)C1(Cl)S2. The second kappa shape index (κ2) is 2.97. The van der Waals surface area contributed by atoms with E-state index in [0.29, 0.717) is 15.1 Å². The minimum absolute atomic E-state index is 0.302. The van der Waals surface area contributed by atoms with Crippen LogP contribution < -0.4 is 0 Å². The smallest absolute Gasteiger partial charge is 0.172 e. The average molecular weight is 278 g/mol. The lowest BCUT2D eigenvalue weighted by molar-refractivity contribution is 0.136. The lowest BCUT2D eigenvalue weighted by Crippen LogP contribution is -2.25. The summed E-state index contributed by atoms with van der Waals surface area (Å²) in [6.07, 6.45) is 1.68. The van der Waals surface area contributed by atoms with E-state index >= 15 is 0 Å². The van der Waals surface area contributed by atoms with Crippen molar-refractivity contribution in [1.29, 1.82) is 0 Å². The van der Waals surface area contributed by atoms with E-state index in [1.807, 2.05) is 0 Å². The van der Waals surface area contributed by atoms with Crippen LogP contribution in [0.15, 0.2) is 21.2 Å². The molecular weight excluding hydrogens is 274 g/mol. The van der Waals surface area contributed by atoms with Gasteiger partial charge in [0.1, 0.15) is 0 Å². The van der Waals surface area contributed by atoms with Crippen LogP contribution >= 0.6 is 58.2 Å². The van der Waals surface area contributed by atoms with E-state index in [4.69, 9.17) is 51.1 Å². The van der Waals surface area contributed by atoms with Crippen molar-refractivity contribution in [3.8, 4) is 0 Å². The largest absolute Gasteiger partial charge is 0.361 e. The summed E-state index contributed by atoms with van der Waals surface area (Å²) in [6.45, 7) is 0. The Morgan fingerprint density at radius 3 is 2.54 bits per heavy atom. The van der Waals surface area contributed by atoms with Gasteiger partial charge in [-0.1, -0.05) is 58.2 Å². The van der Waals surface area contributed by atoms with Crippen molar-refractivity contribution in [2.45, 2.75) is 9.14 Å². The van der Waals surface area contributed by atoms with Crippen LogP contribution in [-0.2, 0) is 4.74 Å². The van der Waals surface area contributed by atoms with Crippen molar-refractivity contribution >= 4 is 58.2 Å². The number of hydrogen-bond acceptors (Lipinski definition) is 2. The Kier molecular flexibility index (Phi) is 2.39. The van der Waals surface area contributed by atoms with E-state index in [2.05, 4.69) is 0 Å². The summed E-state index contributed by atoms with van der Waals surface area (Å²) in [5.74, 6) is 0. The first-order valence-corrected chi connectivity index (χ1v) is 5.68. The number of ether oxygens (including phenoxy) is 1. The second-order valence-corrected chi connectivity index (χ2v) is 6.07. The van der Waals surface area contributed by atoms with Gasteiger partial charge in [0.25, 0.3) is 0 Å². The third kappa shape index (κ3) is 1.20. The summed E-state index contributed by atoms with van der Waals surface area (Å²) in [6, 6.07) is 0. The molecule has 0 aromatic rings. The number of methoxy groups -OCH3 is 1. The van der Waals surface area contributed by atoms with Gasteiger partial charge in [0, 0.05) is 7.11 Å². The predicted octanol–water partition coefficient (Wildman–Crippen LogP) is 3.84. The molecule has 0 aromatic heterocycles. The fourth-order valence-corrected chi connectivity index (χ4v) is 3.92. The van der Waals surface area contributed by atoms with Gasteiger partial charge in [-0.15, -0.1) is 0 Å². The number of halogens is 4. The van der Waals surface area contributed by atoms with Gasteiger partial charge in [0.2, 0.25) is 0 Å². The maximum absolute atomic E-state index is 6.17. The molecule has 1 nitrogen and oxygen atoms in total. The van der Waals surface area contributed by atoms with E-state index < -0.39 is 9.14 Å². The van der Waals surface area contributed by atoms with Gasteiger partial charge in [-0.05, 0) is 6.08 Å². The number of rotatable bonds is 1. The van der Waals surface area contributed by atoms with E-state index in [1.54, 1.807) is 13.2 Å². The minimum Gasteiger partial charge on any atom is -0.361 e. The van der Waals surface area contributed by atoms with Crippen molar-refractivity contribution in [2.75, 3.05) is 7.11 Å². The van der Waals surface area contributed by atoms with Crippen LogP contribution in [-0.4, -0.2) is 16.2 Å². The first kappa shape index (κ1) is 10.5. The van der Waals surface area contributed by atoms with E-state index in [0.717, 1.165) is 0 Å². The Morgan fingerprint density at radius 1 is 1.38 bits per heavy atom. The molecule has 1 heterocycles. The highest BCUT2D eigenvalue weighted by Gasteiger charge is 2.73. The van der Waals surface area contributed by atoms with Gasteiger partial charge < -0.3 is 4.74 Å². The molecule has 1 aliphatic carbocycles. The second-order valence-electron chi connectivity index (χ2n) is 2.69. The average Bonchev–Trinajstić information content (AvgIpc) is 2.70. The van der Waals surface area contributed by atoms with Crippen LogP contribution in [0.1, 0.15) is 0 Å². The molecule has 2 atom stereocenters. The summed E-state index contributed by atoms with van der Waals surface area (Å²) in [5, 5.41) is 1.03. The predicted molar refractivity (Wildman–Crippen MR) is 58.6 cm³/mol. The van der Waals surface area contributed by atoms with Crippen molar-refractivity contribution in [2.24, 2.45) is 0 Å². The molecule has 0 radical (unpaired) electrons. The Hall–Kier alpha value is 0.950. The molecule has 72 valence electrons. The molecule has 0 N–H and O–H groups in total. The zero-order valence-electron chi connectivity index (χ0n) is 6.41. The minimum atomic E-state index is -0.779. The third-order valence-corrected chi connectivity index (χ3v) is 5.86. The summed E-state index contributed by atoms with van der Waals surface area (Å²) < 4.78 is 4.46. The van der Waals surface area contributed by atoms with Gasteiger partial charge >= 0.3 is 0 Å². The number of alkyl halides is 1. The zero-order valence-corrected chi connectivity index (χ0v) is 10.2. The van der Waals surface area contributed by atoms with Gasteiger partial charge in [-0.25, -0.2) is 0 Å². The summed E-state index contributed by atoms with van der Waals surface area (Å²) >= 11 is 25.2. The highest BCUT2D eigenvalue weighted by molar-refractivity contribution is 8.11. The van der Waals surface area contributed by atoms with Gasteiger partial charge in [-0.2, -0.15) is 0 Å². The van der Waals surface area contributed by atoms with Gasteiger partial charge in [0.05, 0.1) is 15.1 Å². The normalized spacial score (nSPS) is 43.0. The Labute approximate surface area is 100.0 Å². The Bertz CT molecular complexity index is 337. The standard InChI is InChI=1S/C7H4Cl4OS/c1-12-6-2-3(8)4(9)5(10)7(6,11)13-6/h2H,1H3.